The molecule has 3 heterocycles. The summed E-state index contributed by atoms with van der Waals surface area (Å²) in [6, 6.07) is 10.5. The molecular weight excluding hydrogens is 342 g/mol. The fraction of sp³-hybridized carbons (Fsp3) is 0.500. The molecule has 0 radical (unpaired) electrons. The van der Waals surface area contributed by atoms with E-state index in [1.165, 1.54) is 5.56 Å². The van der Waals surface area contributed by atoms with E-state index in [2.05, 4.69) is 39.1 Å². The lowest BCUT2D eigenvalue weighted by atomic mass is 10.1. The maximum absolute atomic E-state index is 12.7. The van der Waals surface area contributed by atoms with Crippen molar-refractivity contribution in [3.63, 3.8) is 0 Å². The van der Waals surface area contributed by atoms with Crippen LogP contribution in [0.25, 0.3) is 0 Å². The molecule has 2 aromatic rings. The summed E-state index contributed by atoms with van der Waals surface area (Å²) < 4.78 is 2.18. The van der Waals surface area contributed by atoms with Crippen LogP contribution < -0.4 is 5.32 Å². The molecule has 1 saturated heterocycles. The molecule has 0 saturated carbocycles. The van der Waals surface area contributed by atoms with E-state index in [9.17, 15) is 9.59 Å². The summed E-state index contributed by atoms with van der Waals surface area (Å²) in [7, 11) is 0. The standard InChI is InChI=1S/C20H25N5O2/c1-14-12-24(20(27)11-16-8-10-19(26)21-16)13-18-23-22-17(25(14)18)9-7-15-5-3-2-4-6-15/h2-6,14,16H,7-13H2,1H3,(H,21,26)/t14-,16-/m0/s1. The summed E-state index contributed by atoms with van der Waals surface area (Å²) in [6.07, 6.45) is 3.40. The smallest absolute Gasteiger partial charge is 0.225 e. The average molecular weight is 367 g/mol. The van der Waals surface area contributed by atoms with Crippen LogP contribution in [-0.2, 0) is 29.0 Å². The van der Waals surface area contributed by atoms with E-state index >= 15 is 0 Å². The van der Waals surface area contributed by atoms with Gasteiger partial charge in [0.2, 0.25) is 11.8 Å². The largest absolute Gasteiger partial charge is 0.353 e. The van der Waals surface area contributed by atoms with E-state index in [4.69, 9.17) is 0 Å². The molecule has 1 fully saturated rings. The Morgan fingerprint density at radius 2 is 2.04 bits per heavy atom. The lowest BCUT2D eigenvalue weighted by molar-refractivity contribution is -0.133. The van der Waals surface area contributed by atoms with Gasteiger partial charge in [-0.2, -0.15) is 0 Å². The monoisotopic (exact) mass is 367 g/mol. The Balaban J connectivity index is 1.40. The zero-order valence-corrected chi connectivity index (χ0v) is 15.6. The number of amides is 2. The predicted octanol–water partition coefficient (Wildman–Crippen LogP) is 1.64. The first-order valence-corrected chi connectivity index (χ1v) is 9.64. The van der Waals surface area contributed by atoms with Gasteiger partial charge in [0.25, 0.3) is 0 Å². The van der Waals surface area contributed by atoms with Gasteiger partial charge in [0.1, 0.15) is 5.82 Å². The van der Waals surface area contributed by atoms with E-state index in [1.807, 2.05) is 23.1 Å². The van der Waals surface area contributed by atoms with Crippen LogP contribution in [0.15, 0.2) is 30.3 Å². The molecular formula is C20H25N5O2. The van der Waals surface area contributed by atoms with Crippen LogP contribution in [0, 0.1) is 0 Å². The highest BCUT2D eigenvalue weighted by atomic mass is 16.2. The predicted molar refractivity (Wildman–Crippen MR) is 99.8 cm³/mol. The Morgan fingerprint density at radius 1 is 1.22 bits per heavy atom. The van der Waals surface area contributed by atoms with Crippen molar-refractivity contribution in [1.82, 2.24) is 25.0 Å². The first-order chi connectivity index (χ1) is 13.1. The number of nitrogens with one attached hydrogen (secondary N) is 1. The molecule has 2 atom stereocenters. The van der Waals surface area contributed by atoms with Gasteiger partial charge in [0.05, 0.1) is 12.6 Å². The van der Waals surface area contributed by atoms with Crippen molar-refractivity contribution in [2.45, 2.75) is 57.7 Å². The summed E-state index contributed by atoms with van der Waals surface area (Å²) in [5, 5.41) is 11.6. The maximum Gasteiger partial charge on any atom is 0.225 e. The van der Waals surface area contributed by atoms with Crippen molar-refractivity contribution in [1.29, 1.82) is 0 Å². The zero-order chi connectivity index (χ0) is 18.8. The number of carbonyl (C=O) groups excluding carboxylic acids is 2. The van der Waals surface area contributed by atoms with Crippen LogP contribution >= 0.6 is 0 Å². The summed E-state index contributed by atoms with van der Waals surface area (Å²) in [5.41, 5.74) is 1.29. The van der Waals surface area contributed by atoms with E-state index in [1.54, 1.807) is 0 Å². The minimum absolute atomic E-state index is 0.0264. The van der Waals surface area contributed by atoms with Crippen molar-refractivity contribution in [2.24, 2.45) is 0 Å². The topological polar surface area (TPSA) is 80.1 Å². The first kappa shape index (κ1) is 17.7. The third kappa shape index (κ3) is 3.86. The Morgan fingerprint density at radius 3 is 2.78 bits per heavy atom. The first-order valence-electron chi connectivity index (χ1n) is 9.64. The van der Waals surface area contributed by atoms with Crippen molar-refractivity contribution in [3.05, 3.63) is 47.5 Å². The molecule has 1 N–H and O–H groups in total. The summed E-state index contributed by atoms with van der Waals surface area (Å²) >= 11 is 0. The molecule has 0 spiro atoms. The summed E-state index contributed by atoms with van der Waals surface area (Å²) in [4.78, 5) is 25.8. The number of hydrogen-bond acceptors (Lipinski definition) is 4. The van der Waals surface area contributed by atoms with Crippen molar-refractivity contribution in [3.8, 4) is 0 Å². The van der Waals surface area contributed by atoms with Gasteiger partial charge in [-0.15, -0.1) is 10.2 Å². The van der Waals surface area contributed by atoms with Gasteiger partial charge >= 0.3 is 0 Å². The zero-order valence-electron chi connectivity index (χ0n) is 15.6. The summed E-state index contributed by atoms with van der Waals surface area (Å²) in [5.74, 6) is 1.95. The molecule has 7 nitrogen and oxygen atoms in total. The van der Waals surface area contributed by atoms with E-state index in [-0.39, 0.29) is 23.9 Å². The molecule has 0 aliphatic carbocycles. The lowest BCUT2D eigenvalue weighted by Crippen LogP contribution is -2.43. The number of aryl methyl sites for hydroxylation is 2. The van der Waals surface area contributed by atoms with Crippen LogP contribution in [0.3, 0.4) is 0 Å². The lowest BCUT2D eigenvalue weighted by Gasteiger charge is -2.33. The van der Waals surface area contributed by atoms with Gasteiger partial charge < -0.3 is 14.8 Å². The Hall–Kier alpha value is -2.70. The number of nitrogens with zero attached hydrogens (tertiary/aromatic N) is 4. The Kier molecular flexibility index (Phi) is 4.92. The number of fused-ring (bicyclic) bond motifs is 1. The van der Waals surface area contributed by atoms with Crippen molar-refractivity contribution >= 4 is 11.8 Å². The molecule has 2 aliphatic rings. The molecule has 27 heavy (non-hydrogen) atoms. The number of hydrogen-bond donors (Lipinski definition) is 1. The van der Waals surface area contributed by atoms with E-state index in [0.717, 1.165) is 30.9 Å². The van der Waals surface area contributed by atoms with Crippen molar-refractivity contribution < 1.29 is 9.59 Å². The maximum atomic E-state index is 12.7. The number of carbonyl (C=O) groups is 2. The average Bonchev–Trinajstić information content (AvgIpc) is 3.27. The fourth-order valence-corrected chi connectivity index (χ4v) is 4.04. The molecule has 0 bridgehead atoms. The molecule has 142 valence electrons. The number of aromatic nitrogens is 3. The Labute approximate surface area is 158 Å². The molecule has 4 rings (SSSR count). The molecule has 7 heteroatoms. The van der Waals surface area contributed by atoms with Crippen LogP contribution in [0.2, 0.25) is 0 Å². The van der Waals surface area contributed by atoms with Gasteiger partial charge in [-0.05, 0) is 25.3 Å². The molecule has 1 aromatic carbocycles. The van der Waals surface area contributed by atoms with E-state index in [0.29, 0.717) is 25.9 Å². The molecule has 2 aliphatic heterocycles. The quantitative estimate of drug-likeness (QED) is 0.871. The third-order valence-electron chi connectivity index (χ3n) is 5.43. The normalized spacial score (nSPS) is 21.8. The minimum atomic E-state index is -0.0264. The summed E-state index contributed by atoms with van der Waals surface area (Å²) in [6.45, 7) is 3.25. The Bertz CT molecular complexity index is 832. The molecule has 2 amide bonds. The van der Waals surface area contributed by atoms with E-state index < -0.39 is 0 Å². The van der Waals surface area contributed by atoms with Gasteiger partial charge in [0, 0.05) is 31.8 Å². The van der Waals surface area contributed by atoms with Gasteiger partial charge in [-0.25, -0.2) is 0 Å². The van der Waals surface area contributed by atoms with Gasteiger partial charge in [0.15, 0.2) is 5.82 Å². The molecule has 1 aromatic heterocycles. The fourth-order valence-electron chi connectivity index (χ4n) is 4.04. The molecule has 0 unspecified atom stereocenters. The second kappa shape index (κ2) is 7.50. The third-order valence-corrected chi connectivity index (χ3v) is 5.43. The van der Waals surface area contributed by atoms with Crippen LogP contribution in [0.1, 0.15) is 49.4 Å². The highest BCUT2D eigenvalue weighted by Gasteiger charge is 2.31. The highest BCUT2D eigenvalue weighted by molar-refractivity contribution is 5.82. The minimum Gasteiger partial charge on any atom is -0.353 e. The van der Waals surface area contributed by atoms with Gasteiger partial charge in [-0.3, -0.25) is 9.59 Å². The van der Waals surface area contributed by atoms with Crippen molar-refractivity contribution in [2.75, 3.05) is 6.54 Å². The number of rotatable bonds is 5. The second-order valence-corrected chi connectivity index (χ2v) is 7.52. The van der Waals surface area contributed by atoms with Gasteiger partial charge in [-0.1, -0.05) is 30.3 Å². The number of benzene rings is 1. The second-order valence-electron chi connectivity index (χ2n) is 7.52. The van der Waals surface area contributed by atoms with Crippen LogP contribution in [0.5, 0.6) is 0 Å². The highest BCUT2D eigenvalue weighted by Crippen LogP contribution is 2.23. The van der Waals surface area contributed by atoms with Crippen LogP contribution in [0.4, 0.5) is 0 Å². The van der Waals surface area contributed by atoms with Crippen LogP contribution in [-0.4, -0.2) is 44.1 Å². The SMILES string of the molecule is C[C@H]1CN(C(=O)C[C@@H]2CCC(=O)N2)Cc2nnc(CCc3ccccc3)n21.